The average molecular weight is 1560 g/mol. The summed E-state index contributed by atoms with van der Waals surface area (Å²) >= 11 is 0. The second kappa shape index (κ2) is 47.5. The van der Waals surface area contributed by atoms with Gasteiger partial charge in [-0.25, -0.2) is 0 Å². The number of benzene rings is 1. The van der Waals surface area contributed by atoms with Crippen LogP contribution < -0.4 is 37.2 Å². The number of allylic oxidation sites excluding steroid dienone is 5. The third-order valence-corrected chi connectivity index (χ3v) is 17.6. The Morgan fingerprint density at radius 1 is 0.440 bits per heavy atom. The van der Waals surface area contributed by atoms with Gasteiger partial charge >= 0.3 is 0 Å². The number of carbonyl (C=O) groups is 8. The zero-order valence-electron chi connectivity index (χ0n) is 63.4. The molecule has 6 aliphatic rings. The van der Waals surface area contributed by atoms with Crippen molar-refractivity contribution in [2.75, 3.05) is 26.3 Å². The van der Waals surface area contributed by atoms with Crippen molar-refractivity contribution in [1.82, 2.24) is 37.2 Å². The maximum absolute atomic E-state index is 12.2. The molecule has 1 saturated carbocycles. The number of hydrogen-bond acceptors (Lipinski definition) is 29. The summed E-state index contributed by atoms with van der Waals surface area (Å²) in [5, 5.41) is 176. The molecule has 5 aliphatic heterocycles. The topological polar surface area (TPSA) is 591 Å². The molecule has 618 valence electrons. The third-order valence-electron chi connectivity index (χ3n) is 17.6. The van der Waals surface area contributed by atoms with Crippen LogP contribution in [0.4, 0.5) is 0 Å². The van der Waals surface area contributed by atoms with Crippen LogP contribution in [-0.4, -0.2) is 301 Å². The minimum absolute atomic E-state index is 0.00408. The van der Waals surface area contributed by atoms with Crippen molar-refractivity contribution in [3.8, 4) is 0 Å². The molecule has 0 saturated heterocycles. The summed E-state index contributed by atoms with van der Waals surface area (Å²) in [4.78, 5) is 91.1. The highest BCUT2D eigenvalue weighted by Crippen LogP contribution is 2.30. The van der Waals surface area contributed by atoms with Crippen LogP contribution in [0.3, 0.4) is 0 Å². The van der Waals surface area contributed by atoms with E-state index in [1.165, 1.54) is 65.0 Å². The normalized spacial score (nSPS) is 27.8. The van der Waals surface area contributed by atoms with Crippen molar-refractivity contribution < 1.29 is 144 Å². The lowest BCUT2D eigenvalue weighted by molar-refractivity contribution is -0.132. The van der Waals surface area contributed by atoms with E-state index in [1.54, 1.807) is 46.8 Å². The maximum atomic E-state index is 12.2. The number of aliphatic hydroxyl groups is 16. The number of unbranched alkanes of at least 4 members (excludes halogenated alkanes) is 1. The van der Waals surface area contributed by atoms with Crippen LogP contribution in [0, 0.1) is 5.92 Å². The van der Waals surface area contributed by atoms with Crippen LogP contribution in [0.15, 0.2) is 89.5 Å². The van der Waals surface area contributed by atoms with E-state index in [1.807, 2.05) is 25.1 Å². The number of amides is 7. The fourth-order valence-electron chi connectivity index (χ4n) is 11.9. The molecule has 23 N–H and O–H groups in total. The van der Waals surface area contributed by atoms with Gasteiger partial charge in [-0.15, -0.1) is 0 Å². The van der Waals surface area contributed by atoms with E-state index in [-0.39, 0.29) is 92.5 Å². The Kier molecular flexibility index (Phi) is 41.5. The van der Waals surface area contributed by atoms with E-state index >= 15 is 0 Å². The lowest BCUT2D eigenvalue weighted by atomic mass is 9.92. The molecule has 36 nitrogen and oxygen atoms in total. The van der Waals surface area contributed by atoms with Gasteiger partial charge in [0.25, 0.3) is 0 Å². The van der Waals surface area contributed by atoms with Gasteiger partial charge < -0.3 is 147 Å². The molecule has 1 aromatic rings. The van der Waals surface area contributed by atoms with Gasteiger partial charge in [-0.3, -0.25) is 33.6 Å². The molecule has 0 aromatic heterocycles. The zero-order chi connectivity index (χ0) is 82.3. The fourth-order valence-corrected chi connectivity index (χ4v) is 11.9. The van der Waals surface area contributed by atoms with Gasteiger partial charge in [0.2, 0.25) is 41.4 Å². The van der Waals surface area contributed by atoms with Crippen LogP contribution in [0.2, 0.25) is 0 Å². The van der Waals surface area contributed by atoms with E-state index in [2.05, 4.69) is 37.2 Å². The van der Waals surface area contributed by atoms with Crippen molar-refractivity contribution in [3.05, 3.63) is 95.1 Å². The smallest absolute Gasteiger partial charge is 0.224 e. The fraction of sp³-hybridized carbons (Fsp3) is 0.671. The van der Waals surface area contributed by atoms with Gasteiger partial charge in [-0.1, -0.05) is 43.7 Å². The molecule has 1 fully saturated rings. The van der Waals surface area contributed by atoms with Crippen molar-refractivity contribution >= 4 is 47.1 Å². The van der Waals surface area contributed by atoms with Gasteiger partial charge in [0.1, 0.15) is 79.0 Å². The highest BCUT2D eigenvalue weighted by atomic mass is 16.5. The largest absolute Gasteiger partial charge is 0.493 e. The molecule has 0 radical (unpaired) electrons. The molecular weight excluding hydrogens is 1440 g/mol. The Morgan fingerprint density at radius 2 is 0.798 bits per heavy atom. The lowest BCUT2D eigenvalue weighted by Crippen LogP contribution is -2.60. The summed E-state index contributed by atoms with van der Waals surface area (Å²) in [6.45, 7) is 15.3. The number of ether oxygens (including phenoxy) is 5. The predicted molar refractivity (Wildman–Crippen MR) is 387 cm³/mol. The van der Waals surface area contributed by atoms with Gasteiger partial charge in [-0.05, 0) is 103 Å². The van der Waals surface area contributed by atoms with E-state index in [4.69, 9.17) is 33.9 Å². The van der Waals surface area contributed by atoms with Crippen molar-refractivity contribution in [3.63, 3.8) is 0 Å². The quantitative estimate of drug-likeness (QED) is 0.0342. The van der Waals surface area contributed by atoms with Gasteiger partial charge in [0, 0.05) is 66.0 Å². The summed E-state index contributed by atoms with van der Waals surface area (Å²) in [5.41, 5.74) is 0.806. The molecule has 0 bridgehead atoms. The summed E-state index contributed by atoms with van der Waals surface area (Å²) in [6, 6.07) is 4.88. The number of hydrogen-bond donors (Lipinski definition) is 23. The summed E-state index contributed by atoms with van der Waals surface area (Å²) in [5.74, 6) is -0.175. The first-order valence-electron chi connectivity index (χ1n) is 36.1. The summed E-state index contributed by atoms with van der Waals surface area (Å²) in [6.07, 6.45) is -10.1. The Morgan fingerprint density at radius 3 is 1.17 bits per heavy atom. The second-order valence-electron chi connectivity index (χ2n) is 27.6. The monoisotopic (exact) mass is 1560 g/mol. The molecule has 1 aromatic carbocycles. The molecule has 36 heteroatoms. The van der Waals surface area contributed by atoms with Gasteiger partial charge in [-0.2, -0.15) is 0 Å². The van der Waals surface area contributed by atoms with E-state index in [0.717, 1.165) is 31.2 Å². The molecule has 7 amide bonds. The van der Waals surface area contributed by atoms with Crippen molar-refractivity contribution in [2.24, 2.45) is 5.92 Å². The Hall–Kier alpha value is -7.76. The van der Waals surface area contributed by atoms with Crippen LogP contribution in [0.25, 0.3) is 0 Å². The number of rotatable bonds is 30. The molecule has 5 heterocycles. The molecule has 0 spiro atoms. The zero-order valence-corrected chi connectivity index (χ0v) is 63.4. The van der Waals surface area contributed by atoms with Crippen molar-refractivity contribution in [1.29, 1.82) is 0 Å². The van der Waals surface area contributed by atoms with Crippen LogP contribution >= 0.6 is 0 Å². The summed E-state index contributed by atoms with van der Waals surface area (Å²) < 4.78 is 27.4. The standard InChI is InChI=1S/C17H23NO6.C16H28N2O6.C15H24N2O6.C14H23NO6.C11H19NO5/c1-10-7-12(20)15(17(24-10)16(23)13(21)9-19)18-14(22)8-11-5-3-2-4-6-11;1-4-5-6-13(22)17-8-12(21)15(23)16-14(18-10(3)19)11(20)7-9(2)24-16;1-7-5-10(19)12(17-8(2)18)14(23-7)13(21)11(20)6-16-15(22)9-3-4-9;1-7(16)4-5-10(18)13(20)14-12(15-9(3)17)11(19)6-8(2)21-14;1-6-3-9(16)11(12-7(2)14)10(17-6)4-8(15)5-13/h2-7,12-13,15-17,19-21,23H,8-9H2,1H3,(H,18,22);7,11-12,14-16,20-21,23H,4-6,8H2,1-3H3,(H,17,22)(H,18,19);5,9-14,19-21H,3-4,6H2,1-2H3,(H,16,22)(H,17,18);6,10-14,18-20H,4-5H2,1-3H3,(H,15,17);3,8-11,13,15-16H,4-5H2,1-2H3,(H,12,14)/t12-,13-,15-,16-,17?;11-,12-,14-,15-,16?;2*10-,11-,12-,13-,14?;8-,9+,10?,11+/m11110/s1. The molecule has 5 unspecified atom stereocenters. The molecule has 24 atom stereocenters. The number of nitrogens with one attached hydrogen (secondary N) is 7. The lowest BCUT2D eigenvalue weighted by Gasteiger charge is -2.38. The Balaban J connectivity index is 0.000000355. The first-order valence-corrected chi connectivity index (χ1v) is 36.1. The van der Waals surface area contributed by atoms with Gasteiger partial charge in [0.05, 0.1) is 121 Å². The number of aliphatic hydroxyl groups excluding tert-OH is 16. The second-order valence-corrected chi connectivity index (χ2v) is 27.6. The predicted octanol–water partition coefficient (Wildman–Crippen LogP) is -5.18. The maximum Gasteiger partial charge on any atom is 0.224 e. The minimum atomic E-state index is -1.46. The minimum Gasteiger partial charge on any atom is -0.493 e. The van der Waals surface area contributed by atoms with E-state index < -0.39 is 159 Å². The number of Topliss-reactive ketones (excluding diaryl/α,β-unsaturated/α-hetero) is 1. The number of ketones is 1. The molecular formula is C73H117N7O29. The molecule has 7 rings (SSSR count). The molecule has 1 aliphatic carbocycles. The van der Waals surface area contributed by atoms with E-state index in [0.29, 0.717) is 35.2 Å². The number of carbonyl (C=O) groups excluding carboxylic acids is 8. The van der Waals surface area contributed by atoms with Crippen LogP contribution in [-0.2, 0) is 68.5 Å². The highest BCUT2D eigenvalue weighted by molar-refractivity contribution is 5.81. The third kappa shape index (κ3) is 33.4. The van der Waals surface area contributed by atoms with Crippen molar-refractivity contribution in [2.45, 2.75) is 280 Å². The van der Waals surface area contributed by atoms with Gasteiger partial charge in [0.15, 0.2) is 0 Å². The Labute approximate surface area is 633 Å². The SMILES string of the molecule is CC(=O)CC[C@@H](O)[C@@H](O)C1OC(C)=C[C@@H](O)[C@H]1NC(C)=O.CC(=O)N[C@H]1C(C[C@H](O)CO)OC(C)=C[C@H]1O.CC(=O)N[C@H]1C([C@H](O)[C@H](O)CNC(=O)C2CC2)OC(C)=C[C@H]1O.CC1=C[C@@H](O)[C@@H](NC(=O)Cc2ccccc2)C([C@H](O)[C@H](O)CO)O1.CCCCC(=O)NC[C@@H](O)[C@@H](O)C1OC(C)=C[C@@H](O)[C@H]1NC(C)=O. The van der Waals surface area contributed by atoms with E-state index in [9.17, 15) is 110 Å². The molecule has 109 heavy (non-hydrogen) atoms. The highest BCUT2D eigenvalue weighted by Gasteiger charge is 2.46. The first-order chi connectivity index (χ1) is 51.1. The first kappa shape index (κ1) is 95.4. The summed E-state index contributed by atoms with van der Waals surface area (Å²) in [7, 11) is 0. The van der Waals surface area contributed by atoms with Crippen LogP contribution in [0.1, 0.15) is 133 Å². The average Bonchev–Trinajstić information content (AvgIpc) is 1.80. The van der Waals surface area contributed by atoms with Crippen LogP contribution in [0.5, 0.6) is 0 Å². The Bertz CT molecular complexity index is 3210.